The Balaban J connectivity index is 1.53. The van der Waals surface area contributed by atoms with Gasteiger partial charge in [0.1, 0.15) is 5.75 Å². The van der Waals surface area contributed by atoms with Crippen molar-refractivity contribution in [1.29, 1.82) is 0 Å². The second-order valence-corrected chi connectivity index (χ2v) is 8.08. The predicted molar refractivity (Wildman–Crippen MR) is 116 cm³/mol. The van der Waals surface area contributed by atoms with Crippen LogP contribution in [0.15, 0.2) is 46.5 Å². The van der Waals surface area contributed by atoms with Crippen LogP contribution < -0.4 is 4.74 Å². The van der Waals surface area contributed by atoms with E-state index in [0.717, 1.165) is 50.4 Å². The van der Waals surface area contributed by atoms with Gasteiger partial charge in [-0.15, -0.1) is 10.2 Å². The third-order valence-electron chi connectivity index (χ3n) is 4.93. The fourth-order valence-corrected chi connectivity index (χ4v) is 4.30. The van der Waals surface area contributed by atoms with Gasteiger partial charge < -0.3 is 9.30 Å². The van der Waals surface area contributed by atoms with E-state index in [1.54, 1.807) is 18.9 Å². The van der Waals surface area contributed by atoms with E-state index in [4.69, 9.17) is 9.73 Å². The minimum atomic E-state index is 0.134. The molecule has 7 heteroatoms. The predicted octanol–water partition coefficient (Wildman–Crippen LogP) is 4.56. The van der Waals surface area contributed by atoms with Crippen molar-refractivity contribution in [2.45, 2.75) is 25.4 Å². The number of Topliss-reactive ketones (excluding diaryl/α,β-unsaturated/α-hetero) is 1. The van der Waals surface area contributed by atoms with Gasteiger partial charge in [-0.05, 0) is 55.3 Å². The summed E-state index contributed by atoms with van der Waals surface area (Å²) in [4.78, 5) is 17.4. The molecule has 6 nitrogen and oxygen atoms in total. The molecule has 1 aliphatic heterocycles. The van der Waals surface area contributed by atoms with E-state index >= 15 is 0 Å². The molecule has 2 heterocycles. The fourth-order valence-electron chi connectivity index (χ4n) is 3.46. The maximum Gasteiger partial charge on any atom is 0.191 e. The smallest absolute Gasteiger partial charge is 0.191 e. The van der Waals surface area contributed by atoms with E-state index in [9.17, 15) is 4.79 Å². The van der Waals surface area contributed by atoms with Gasteiger partial charge in [-0.2, -0.15) is 0 Å². The van der Waals surface area contributed by atoms with E-state index in [0.29, 0.717) is 12.2 Å². The summed E-state index contributed by atoms with van der Waals surface area (Å²) in [5.41, 5.74) is 5.51. The second-order valence-electron chi connectivity index (χ2n) is 7.14. The van der Waals surface area contributed by atoms with Crippen molar-refractivity contribution in [3.8, 4) is 17.1 Å². The standard InChI is InChI=1S/C22H22N4O2S/c1-13-9-14(2)20-18(10-13)19(27)11-16(23-20)12-29-22-25-24-21(26(22)3)15-5-7-17(28-4)8-6-15/h5-10H,11-12H2,1-4H3. The molecule has 3 aromatic rings. The second kappa shape index (κ2) is 7.83. The van der Waals surface area contributed by atoms with Crippen LogP contribution in [0.4, 0.5) is 5.69 Å². The van der Waals surface area contributed by atoms with Gasteiger partial charge in [0.2, 0.25) is 0 Å². The van der Waals surface area contributed by atoms with Gasteiger partial charge in [-0.3, -0.25) is 9.79 Å². The highest BCUT2D eigenvalue weighted by molar-refractivity contribution is 7.99. The average molecular weight is 407 g/mol. The lowest BCUT2D eigenvalue weighted by molar-refractivity contribution is 0.0999. The van der Waals surface area contributed by atoms with E-state index in [2.05, 4.69) is 16.3 Å². The number of rotatable bonds is 5. The molecule has 1 aromatic heterocycles. The average Bonchev–Trinajstić information content (AvgIpc) is 3.08. The van der Waals surface area contributed by atoms with E-state index in [1.807, 2.05) is 55.8 Å². The summed E-state index contributed by atoms with van der Waals surface area (Å²) in [7, 11) is 3.59. The van der Waals surface area contributed by atoms with Crippen molar-refractivity contribution in [2.24, 2.45) is 12.0 Å². The molecule has 0 unspecified atom stereocenters. The molecule has 0 atom stereocenters. The lowest BCUT2D eigenvalue weighted by Crippen LogP contribution is -2.16. The summed E-state index contributed by atoms with van der Waals surface area (Å²) in [5.74, 6) is 2.33. The number of carbonyl (C=O) groups excluding carboxylic acids is 1. The molecule has 0 bridgehead atoms. The molecule has 0 amide bonds. The first kappa shape index (κ1) is 19.4. The Bertz CT molecular complexity index is 1120. The van der Waals surface area contributed by atoms with Crippen LogP contribution in [0.3, 0.4) is 0 Å². The summed E-state index contributed by atoms with van der Waals surface area (Å²) in [6.45, 7) is 4.01. The van der Waals surface area contributed by atoms with Crippen molar-refractivity contribution in [3.63, 3.8) is 0 Å². The van der Waals surface area contributed by atoms with Crippen molar-refractivity contribution in [2.75, 3.05) is 12.9 Å². The van der Waals surface area contributed by atoms with Gasteiger partial charge in [-0.1, -0.05) is 17.8 Å². The van der Waals surface area contributed by atoms with Gasteiger partial charge in [0.05, 0.1) is 19.2 Å². The molecule has 2 aromatic carbocycles. The molecule has 29 heavy (non-hydrogen) atoms. The Labute approximate surface area is 174 Å². The molecule has 0 aliphatic carbocycles. The first-order valence-electron chi connectivity index (χ1n) is 9.33. The maximum atomic E-state index is 12.6. The van der Waals surface area contributed by atoms with Gasteiger partial charge >= 0.3 is 0 Å². The number of hydrogen-bond donors (Lipinski definition) is 0. The van der Waals surface area contributed by atoms with Crippen LogP contribution in [0, 0.1) is 13.8 Å². The number of hydrogen-bond acceptors (Lipinski definition) is 6. The summed E-state index contributed by atoms with van der Waals surface area (Å²) >= 11 is 1.54. The molecule has 0 N–H and O–H groups in total. The van der Waals surface area contributed by atoms with Gasteiger partial charge in [0, 0.05) is 29.6 Å². The number of aryl methyl sites for hydroxylation is 2. The van der Waals surface area contributed by atoms with Crippen molar-refractivity contribution in [1.82, 2.24) is 14.8 Å². The van der Waals surface area contributed by atoms with Gasteiger partial charge in [-0.25, -0.2) is 0 Å². The van der Waals surface area contributed by atoms with Crippen molar-refractivity contribution >= 4 is 28.9 Å². The number of ether oxygens (including phenoxy) is 1. The Hall–Kier alpha value is -2.93. The van der Waals surface area contributed by atoms with Gasteiger partial charge in [0.25, 0.3) is 0 Å². The van der Waals surface area contributed by atoms with Crippen molar-refractivity contribution in [3.05, 3.63) is 53.1 Å². The molecule has 1 aliphatic rings. The number of benzene rings is 2. The van der Waals surface area contributed by atoms with Gasteiger partial charge in [0.15, 0.2) is 16.8 Å². The Morgan fingerprint density at radius 1 is 1.14 bits per heavy atom. The molecule has 0 radical (unpaired) electrons. The summed E-state index contributed by atoms with van der Waals surface area (Å²) in [6.07, 6.45) is 0.353. The minimum Gasteiger partial charge on any atom is -0.497 e. The number of carbonyl (C=O) groups is 1. The first-order chi connectivity index (χ1) is 14.0. The SMILES string of the molecule is COc1ccc(-c2nnc(SCC3=Nc4c(C)cc(C)cc4C(=O)C3)n2C)cc1. The molecule has 4 rings (SSSR count). The van der Waals surface area contributed by atoms with Crippen LogP contribution in [0.5, 0.6) is 5.75 Å². The molecule has 0 spiro atoms. The number of fused-ring (bicyclic) bond motifs is 1. The topological polar surface area (TPSA) is 69.4 Å². The number of thioether (sulfide) groups is 1. The third kappa shape index (κ3) is 3.82. The van der Waals surface area contributed by atoms with Crippen LogP contribution in [0.2, 0.25) is 0 Å². The molecular formula is C22H22N4O2S. The zero-order chi connectivity index (χ0) is 20.5. The lowest BCUT2D eigenvalue weighted by Gasteiger charge is -2.17. The summed E-state index contributed by atoms with van der Waals surface area (Å²) in [6, 6.07) is 11.7. The molecular weight excluding hydrogens is 384 g/mol. The lowest BCUT2D eigenvalue weighted by atomic mass is 9.96. The fraction of sp³-hybridized carbons (Fsp3) is 0.273. The number of aliphatic imine (C=N–C) groups is 1. The number of methoxy groups -OCH3 is 1. The summed E-state index contributed by atoms with van der Waals surface area (Å²) < 4.78 is 7.17. The zero-order valence-corrected chi connectivity index (χ0v) is 17.7. The number of aromatic nitrogens is 3. The monoisotopic (exact) mass is 406 g/mol. The Morgan fingerprint density at radius 2 is 1.90 bits per heavy atom. The first-order valence-corrected chi connectivity index (χ1v) is 10.3. The van der Waals surface area contributed by atoms with Crippen LogP contribution in [-0.4, -0.2) is 39.1 Å². The zero-order valence-electron chi connectivity index (χ0n) is 16.9. The van der Waals surface area contributed by atoms with Crippen molar-refractivity contribution < 1.29 is 9.53 Å². The molecule has 0 fully saturated rings. The quantitative estimate of drug-likeness (QED) is 0.581. The van der Waals surface area contributed by atoms with Crippen LogP contribution in [0.1, 0.15) is 27.9 Å². The number of nitrogens with zero attached hydrogens (tertiary/aromatic N) is 4. The molecule has 0 saturated heterocycles. The minimum absolute atomic E-state index is 0.134. The number of ketones is 1. The third-order valence-corrected chi connectivity index (χ3v) is 6.02. The van der Waals surface area contributed by atoms with E-state index in [-0.39, 0.29) is 5.78 Å². The molecule has 0 saturated carbocycles. The largest absolute Gasteiger partial charge is 0.497 e. The highest BCUT2D eigenvalue weighted by Gasteiger charge is 2.22. The molecule has 148 valence electrons. The highest BCUT2D eigenvalue weighted by Crippen LogP contribution is 2.32. The maximum absolute atomic E-state index is 12.6. The Morgan fingerprint density at radius 3 is 2.62 bits per heavy atom. The van der Waals surface area contributed by atoms with Crippen LogP contribution >= 0.6 is 11.8 Å². The van der Waals surface area contributed by atoms with Crippen LogP contribution in [-0.2, 0) is 7.05 Å². The van der Waals surface area contributed by atoms with E-state index < -0.39 is 0 Å². The summed E-state index contributed by atoms with van der Waals surface area (Å²) in [5, 5.41) is 9.43. The highest BCUT2D eigenvalue weighted by atomic mass is 32.2. The van der Waals surface area contributed by atoms with Crippen LogP contribution in [0.25, 0.3) is 11.4 Å². The van der Waals surface area contributed by atoms with E-state index in [1.165, 1.54) is 0 Å². The Kier molecular flexibility index (Phi) is 5.24. The normalized spacial score (nSPS) is 13.2.